The Hall–Kier alpha value is -4.40. The molecule has 282 valence electrons. The Morgan fingerprint density at radius 1 is 1.09 bits per heavy atom. The number of carbonyl (C=O) groups is 4. The summed E-state index contributed by atoms with van der Waals surface area (Å²) in [6.07, 6.45) is 5.62. The maximum atomic E-state index is 14.9. The van der Waals surface area contributed by atoms with E-state index in [0.717, 1.165) is 18.4 Å². The summed E-state index contributed by atoms with van der Waals surface area (Å²) in [7, 11) is 0. The zero-order chi connectivity index (χ0) is 37.5. The summed E-state index contributed by atoms with van der Waals surface area (Å²) in [5.41, 5.74) is 0.825. The molecular weight excluding hydrogens is 744 g/mol. The van der Waals surface area contributed by atoms with E-state index < -0.39 is 41.7 Å². The summed E-state index contributed by atoms with van der Waals surface area (Å²) in [6, 6.07) is 15.6. The Kier molecular flexibility index (Phi) is 12.4. The molecule has 7 atom stereocenters. The van der Waals surface area contributed by atoms with Gasteiger partial charge in [0.05, 0.1) is 30.0 Å². The number of hydrogen-bond acceptors (Lipinski definition) is 9. The van der Waals surface area contributed by atoms with Gasteiger partial charge in [-0.2, -0.15) is 0 Å². The highest BCUT2D eigenvalue weighted by Crippen LogP contribution is 2.60. The van der Waals surface area contributed by atoms with Crippen molar-refractivity contribution in [3.05, 3.63) is 85.5 Å². The number of hydrogen-bond donors (Lipinski definition) is 2. The summed E-state index contributed by atoms with van der Waals surface area (Å²) in [4.78, 5) is 59.4. The second-order valence-corrected chi connectivity index (χ2v) is 15.0. The van der Waals surface area contributed by atoms with Crippen molar-refractivity contribution in [1.29, 1.82) is 0 Å². The fourth-order valence-corrected chi connectivity index (χ4v) is 8.98. The number of nitrogens with one attached hydrogen (secondary N) is 1. The molecule has 2 bridgehead atoms. The first-order valence-electron chi connectivity index (χ1n) is 18.3. The molecule has 3 saturated heterocycles. The van der Waals surface area contributed by atoms with Crippen molar-refractivity contribution in [1.82, 2.24) is 30.1 Å². The monoisotopic (exact) mass is 790 g/mol. The summed E-state index contributed by atoms with van der Waals surface area (Å²) in [5, 5.41) is 20.7. The van der Waals surface area contributed by atoms with Gasteiger partial charge in [-0.15, -0.1) is 18.3 Å². The van der Waals surface area contributed by atoms with E-state index in [9.17, 15) is 24.3 Å². The molecule has 3 aromatic rings. The number of carbonyl (C=O) groups excluding carboxylic acids is 4. The molecule has 3 amide bonds. The average molecular weight is 792 g/mol. The molecule has 2 N–H and O–H groups in total. The summed E-state index contributed by atoms with van der Waals surface area (Å²) in [5.74, 6) is -3.44. The third-order valence-electron chi connectivity index (χ3n) is 10.5. The van der Waals surface area contributed by atoms with E-state index in [1.807, 2.05) is 54.6 Å². The van der Waals surface area contributed by atoms with Gasteiger partial charge in [0.2, 0.25) is 17.7 Å². The molecule has 0 saturated carbocycles. The average Bonchev–Trinajstić information content (AvgIpc) is 3.89. The Balaban J connectivity index is 1.30. The Morgan fingerprint density at radius 3 is 2.60 bits per heavy atom. The molecule has 14 heteroatoms. The van der Waals surface area contributed by atoms with Gasteiger partial charge in [-0.25, -0.2) is 4.68 Å². The van der Waals surface area contributed by atoms with Gasteiger partial charge in [-0.3, -0.25) is 19.2 Å². The van der Waals surface area contributed by atoms with Crippen molar-refractivity contribution < 1.29 is 33.8 Å². The molecule has 2 aromatic carbocycles. The van der Waals surface area contributed by atoms with Crippen molar-refractivity contribution in [3.63, 3.8) is 0 Å². The van der Waals surface area contributed by atoms with Crippen molar-refractivity contribution in [2.24, 2.45) is 11.8 Å². The van der Waals surface area contributed by atoms with Crippen LogP contribution in [0.3, 0.4) is 0 Å². The molecule has 1 aromatic heterocycles. The second-order valence-electron chi connectivity index (χ2n) is 13.9. The van der Waals surface area contributed by atoms with Crippen LogP contribution in [-0.4, -0.2) is 102 Å². The van der Waals surface area contributed by atoms with Gasteiger partial charge in [0, 0.05) is 30.9 Å². The third-order valence-corrected chi connectivity index (χ3v) is 11.3. The van der Waals surface area contributed by atoms with Crippen LogP contribution in [0, 0.1) is 11.8 Å². The number of halogens is 1. The molecule has 13 nitrogen and oxygen atoms in total. The van der Waals surface area contributed by atoms with Crippen LogP contribution in [0.15, 0.2) is 79.9 Å². The van der Waals surface area contributed by atoms with Crippen LogP contribution in [0.1, 0.15) is 56.6 Å². The fraction of sp³-hybridized carbons (Fsp3) is 0.487. The lowest BCUT2D eigenvalue weighted by atomic mass is 9.70. The van der Waals surface area contributed by atoms with Crippen LogP contribution >= 0.6 is 15.9 Å². The molecule has 4 heterocycles. The largest absolute Gasteiger partial charge is 0.455 e. The predicted molar refractivity (Wildman–Crippen MR) is 200 cm³/mol. The molecule has 1 spiro atoms. The van der Waals surface area contributed by atoms with Crippen LogP contribution < -0.4 is 5.32 Å². The van der Waals surface area contributed by atoms with Gasteiger partial charge in [-0.1, -0.05) is 88.6 Å². The molecule has 1 unspecified atom stereocenters. The zero-order valence-corrected chi connectivity index (χ0v) is 31.3. The number of nitrogens with zero attached hydrogens (tertiary/aromatic N) is 5. The number of benzene rings is 2. The number of aliphatic hydroxyl groups excluding tert-OH is 1. The predicted octanol–water partition coefficient (Wildman–Crippen LogP) is 4.07. The highest BCUT2D eigenvalue weighted by Gasteiger charge is 2.77. The van der Waals surface area contributed by atoms with Crippen molar-refractivity contribution in [2.45, 2.75) is 80.3 Å². The lowest BCUT2D eigenvalue weighted by Crippen LogP contribution is -2.57. The Bertz CT molecular complexity index is 1800. The standard InChI is InChI=1S/C39H47BrN6O7/c1-3-5-19-31(48)41-24-30(26-15-9-8-10-16-26)52-38(51)32-33-36(49)45(21-13-6-7-14-22-47)35(39(33)23-27(40)34(32)53-39)37(50)44(20-4-2)25-46-29-18-12-11-17-28(29)42-43-46/h3-4,8-12,15-18,27,30,32-35,47H,1-2,5-7,13-14,19-25H2,(H,41,48)/t27?,30-,32+,33-,34+,35+,39-/m1/s1. The minimum atomic E-state index is -1.30. The highest BCUT2D eigenvalue weighted by atomic mass is 79.9. The van der Waals surface area contributed by atoms with Crippen LogP contribution in [-0.2, 0) is 35.3 Å². The number of esters is 1. The maximum Gasteiger partial charge on any atom is 0.313 e. The third kappa shape index (κ3) is 7.81. The van der Waals surface area contributed by atoms with E-state index in [4.69, 9.17) is 9.47 Å². The molecule has 3 aliphatic heterocycles. The van der Waals surface area contributed by atoms with Crippen molar-refractivity contribution >= 4 is 50.7 Å². The van der Waals surface area contributed by atoms with E-state index in [1.165, 1.54) is 0 Å². The van der Waals surface area contributed by atoms with E-state index in [2.05, 4.69) is 44.7 Å². The molecule has 6 rings (SSSR count). The van der Waals surface area contributed by atoms with Crippen LogP contribution in [0.25, 0.3) is 11.0 Å². The number of aromatic nitrogens is 3. The van der Waals surface area contributed by atoms with Crippen LogP contribution in [0.4, 0.5) is 0 Å². The smallest absolute Gasteiger partial charge is 0.313 e. The molecule has 53 heavy (non-hydrogen) atoms. The number of alkyl halides is 1. The second kappa shape index (κ2) is 17.2. The first-order chi connectivity index (χ1) is 25.7. The van der Waals surface area contributed by atoms with E-state index in [1.54, 1.807) is 26.6 Å². The molecular formula is C39H47BrN6O7. The number of unbranched alkanes of at least 4 members (excludes halogenated alkanes) is 3. The number of fused-ring (bicyclic) bond motifs is 2. The number of aliphatic hydroxyl groups is 1. The lowest BCUT2D eigenvalue weighted by Gasteiger charge is -2.37. The number of para-hydroxylation sites is 1. The van der Waals surface area contributed by atoms with E-state index in [-0.39, 0.29) is 61.9 Å². The minimum absolute atomic E-state index is 0.0417. The topological polar surface area (TPSA) is 156 Å². The first-order valence-corrected chi connectivity index (χ1v) is 19.2. The molecule has 0 radical (unpaired) electrons. The molecule has 0 aliphatic carbocycles. The molecule has 3 fully saturated rings. The quantitative estimate of drug-likeness (QED) is 0.0792. The van der Waals surface area contributed by atoms with Gasteiger partial charge in [0.25, 0.3) is 0 Å². The fourth-order valence-electron chi connectivity index (χ4n) is 8.04. The normalized spacial score (nSPS) is 24.9. The number of rotatable bonds is 19. The van der Waals surface area contributed by atoms with E-state index in [0.29, 0.717) is 36.8 Å². The summed E-state index contributed by atoms with van der Waals surface area (Å²) >= 11 is 3.75. The number of likely N-dealkylation sites (tertiary alicyclic amines) is 1. The summed E-state index contributed by atoms with van der Waals surface area (Å²) < 4.78 is 14.6. The summed E-state index contributed by atoms with van der Waals surface area (Å²) in [6.45, 7) is 8.20. The van der Waals surface area contributed by atoms with Gasteiger partial charge in [0.15, 0.2) is 0 Å². The number of allylic oxidation sites excluding steroid dienone is 1. The van der Waals surface area contributed by atoms with E-state index >= 15 is 0 Å². The van der Waals surface area contributed by atoms with Crippen LogP contribution in [0.2, 0.25) is 0 Å². The van der Waals surface area contributed by atoms with Gasteiger partial charge in [-0.05, 0) is 43.4 Å². The van der Waals surface area contributed by atoms with Gasteiger partial charge in [0.1, 0.15) is 29.9 Å². The maximum absolute atomic E-state index is 14.9. The Labute approximate surface area is 317 Å². The molecule has 3 aliphatic rings. The lowest BCUT2D eigenvalue weighted by molar-refractivity contribution is -0.160. The van der Waals surface area contributed by atoms with Gasteiger partial charge < -0.3 is 29.7 Å². The number of amides is 3. The Morgan fingerprint density at radius 2 is 1.85 bits per heavy atom. The SMILES string of the molecule is C=CCCC(=O)NC[C@@H](OC(=O)[C@@H]1[C@H]2O[C@@]3(CC2Br)[C@H](C(=O)N(CC=C)Cn2nnc4ccccc42)N(CCCCCCO)C(=O)[C@@H]13)c1ccccc1. The minimum Gasteiger partial charge on any atom is -0.455 e. The first kappa shape index (κ1) is 38.3. The van der Waals surface area contributed by atoms with Crippen molar-refractivity contribution in [2.75, 3.05) is 26.2 Å². The van der Waals surface area contributed by atoms with Crippen molar-refractivity contribution in [3.8, 4) is 0 Å². The van der Waals surface area contributed by atoms with Gasteiger partial charge >= 0.3 is 5.97 Å². The number of ether oxygens (including phenoxy) is 2. The highest BCUT2D eigenvalue weighted by molar-refractivity contribution is 9.09. The zero-order valence-electron chi connectivity index (χ0n) is 29.7. The van der Waals surface area contributed by atoms with Crippen LogP contribution in [0.5, 0.6) is 0 Å².